The van der Waals surface area contributed by atoms with Crippen LogP contribution in [0, 0.1) is 0 Å². The van der Waals surface area contributed by atoms with Crippen LogP contribution in [0.3, 0.4) is 0 Å². The average molecular weight is 297 g/mol. The van der Waals surface area contributed by atoms with Crippen molar-refractivity contribution in [3.8, 4) is 0 Å². The second-order valence-electron chi connectivity index (χ2n) is 7.11. The summed E-state index contributed by atoms with van der Waals surface area (Å²) in [7, 11) is 2.27. The van der Waals surface area contributed by atoms with Gasteiger partial charge in [0.25, 0.3) is 0 Å². The Kier molecular flexibility index (Phi) is 6.48. The fraction of sp³-hybridized carbons (Fsp3) is 1.00. The molecule has 0 saturated carbocycles. The normalized spacial score (nSPS) is 34.0. The van der Waals surface area contributed by atoms with E-state index in [1.54, 1.807) is 0 Å². The second-order valence-corrected chi connectivity index (χ2v) is 7.11. The molecular formula is C17H36N4. The lowest BCUT2D eigenvalue weighted by molar-refractivity contribution is 0.00400. The summed E-state index contributed by atoms with van der Waals surface area (Å²) in [5.41, 5.74) is 6.57. The van der Waals surface area contributed by atoms with Crippen LogP contribution in [0.1, 0.15) is 46.0 Å². The standard InChI is InChI=1S/C17H36N4/c1-4-9-20-10-6-7-17(15-18,8-11-20)21-13-12-19(3)16(5-2)14-21/h16H,4-15,18H2,1-3H3. The molecule has 0 aromatic rings. The average Bonchev–Trinajstić information content (AvgIpc) is 2.71. The molecule has 2 atom stereocenters. The summed E-state index contributed by atoms with van der Waals surface area (Å²) >= 11 is 0. The van der Waals surface area contributed by atoms with Gasteiger partial charge < -0.3 is 15.5 Å². The van der Waals surface area contributed by atoms with Crippen molar-refractivity contribution in [2.24, 2.45) is 5.73 Å². The van der Waals surface area contributed by atoms with Gasteiger partial charge in [0.2, 0.25) is 0 Å². The molecule has 0 aromatic heterocycles. The number of rotatable bonds is 5. The lowest BCUT2D eigenvalue weighted by Gasteiger charge is -2.49. The summed E-state index contributed by atoms with van der Waals surface area (Å²) in [4.78, 5) is 7.92. The fourth-order valence-electron chi connectivity index (χ4n) is 4.24. The molecular weight excluding hydrogens is 260 g/mol. The molecule has 0 aliphatic carbocycles. The SMILES string of the molecule is CCCN1CCCC(CN)(N2CCN(C)C(CC)C2)CC1. The largest absolute Gasteiger partial charge is 0.329 e. The molecule has 2 N–H and O–H groups in total. The van der Waals surface area contributed by atoms with Crippen molar-refractivity contribution >= 4 is 0 Å². The van der Waals surface area contributed by atoms with Gasteiger partial charge in [-0.05, 0) is 58.8 Å². The Balaban J connectivity index is 2.03. The molecule has 124 valence electrons. The van der Waals surface area contributed by atoms with E-state index < -0.39 is 0 Å². The van der Waals surface area contributed by atoms with Crippen LogP contribution in [-0.4, -0.2) is 79.1 Å². The molecule has 0 radical (unpaired) electrons. The number of nitrogens with two attached hydrogens (primary N) is 1. The quantitative estimate of drug-likeness (QED) is 0.836. The number of hydrogen-bond acceptors (Lipinski definition) is 4. The Bertz CT molecular complexity index is 309. The molecule has 2 fully saturated rings. The van der Waals surface area contributed by atoms with Crippen molar-refractivity contribution in [2.75, 3.05) is 52.9 Å². The van der Waals surface area contributed by atoms with Gasteiger partial charge in [0.1, 0.15) is 0 Å². The van der Waals surface area contributed by atoms with Gasteiger partial charge in [0.15, 0.2) is 0 Å². The molecule has 2 rings (SSSR count). The van der Waals surface area contributed by atoms with Crippen LogP contribution < -0.4 is 5.73 Å². The van der Waals surface area contributed by atoms with Crippen molar-refractivity contribution < 1.29 is 0 Å². The molecule has 2 aliphatic heterocycles. The third-order valence-corrected chi connectivity index (χ3v) is 5.85. The summed E-state index contributed by atoms with van der Waals surface area (Å²) in [6, 6.07) is 0.706. The van der Waals surface area contributed by atoms with Gasteiger partial charge in [0.05, 0.1) is 0 Å². The van der Waals surface area contributed by atoms with Gasteiger partial charge in [-0.1, -0.05) is 13.8 Å². The lowest BCUT2D eigenvalue weighted by atomic mass is 9.87. The highest BCUT2D eigenvalue weighted by molar-refractivity contribution is 4.97. The first-order valence-corrected chi connectivity index (χ1v) is 9.03. The molecule has 4 heteroatoms. The second kappa shape index (κ2) is 7.91. The lowest BCUT2D eigenvalue weighted by Crippen LogP contribution is -2.62. The van der Waals surface area contributed by atoms with E-state index in [2.05, 4.69) is 35.6 Å². The highest BCUT2D eigenvalue weighted by Crippen LogP contribution is 2.30. The minimum atomic E-state index is 0.261. The maximum absolute atomic E-state index is 6.31. The first-order valence-electron chi connectivity index (χ1n) is 9.03. The van der Waals surface area contributed by atoms with Crippen molar-refractivity contribution in [1.82, 2.24) is 14.7 Å². The zero-order valence-corrected chi connectivity index (χ0v) is 14.5. The monoisotopic (exact) mass is 296 g/mol. The van der Waals surface area contributed by atoms with Crippen LogP contribution in [-0.2, 0) is 0 Å². The smallest absolute Gasteiger partial charge is 0.0345 e. The minimum absolute atomic E-state index is 0.261. The molecule has 0 amide bonds. The van der Waals surface area contributed by atoms with Gasteiger partial charge in [-0.25, -0.2) is 0 Å². The van der Waals surface area contributed by atoms with E-state index in [0.717, 1.165) is 6.54 Å². The number of likely N-dealkylation sites (tertiary alicyclic amines) is 1. The van der Waals surface area contributed by atoms with E-state index in [9.17, 15) is 0 Å². The third kappa shape index (κ3) is 3.98. The van der Waals surface area contributed by atoms with E-state index in [4.69, 9.17) is 5.73 Å². The van der Waals surface area contributed by atoms with Crippen LogP contribution in [0.5, 0.6) is 0 Å². The first kappa shape index (κ1) is 17.2. The van der Waals surface area contributed by atoms with E-state index >= 15 is 0 Å². The third-order valence-electron chi connectivity index (χ3n) is 5.85. The van der Waals surface area contributed by atoms with E-state index in [1.807, 2.05) is 0 Å². The van der Waals surface area contributed by atoms with Crippen LogP contribution in [0.2, 0.25) is 0 Å². The Hall–Kier alpha value is -0.160. The van der Waals surface area contributed by atoms with Crippen molar-refractivity contribution in [2.45, 2.75) is 57.5 Å². The van der Waals surface area contributed by atoms with Gasteiger partial charge in [0, 0.05) is 37.8 Å². The molecule has 21 heavy (non-hydrogen) atoms. The summed E-state index contributed by atoms with van der Waals surface area (Å²) in [5.74, 6) is 0. The molecule has 2 heterocycles. The van der Waals surface area contributed by atoms with Gasteiger partial charge >= 0.3 is 0 Å². The zero-order chi connectivity index (χ0) is 15.3. The molecule has 2 aliphatic rings. The zero-order valence-electron chi connectivity index (χ0n) is 14.5. The summed E-state index contributed by atoms with van der Waals surface area (Å²) in [6.45, 7) is 12.8. The Labute approximate surface area is 131 Å². The molecule has 0 aromatic carbocycles. The van der Waals surface area contributed by atoms with Gasteiger partial charge in [-0.3, -0.25) is 4.90 Å². The maximum Gasteiger partial charge on any atom is 0.0345 e. The topological polar surface area (TPSA) is 35.7 Å². The number of nitrogens with zero attached hydrogens (tertiary/aromatic N) is 3. The van der Waals surface area contributed by atoms with Crippen LogP contribution >= 0.6 is 0 Å². The van der Waals surface area contributed by atoms with Crippen molar-refractivity contribution in [1.29, 1.82) is 0 Å². The van der Waals surface area contributed by atoms with Gasteiger partial charge in [-0.15, -0.1) is 0 Å². The number of likely N-dealkylation sites (N-methyl/N-ethyl adjacent to an activating group) is 1. The van der Waals surface area contributed by atoms with E-state index in [1.165, 1.54) is 71.4 Å². The molecule has 2 saturated heterocycles. The Morgan fingerprint density at radius 1 is 1.10 bits per heavy atom. The van der Waals surface area contributed by atoms with E-state index in [-0.39, 0.29) is 5.54 Å². The summed E-state index contributed by atoms with van der Waals surface area (Å²) in [5, 5.41) is 0. The minimum Gasteiger partial charge on any atom is -0.329 e. The molecule has 0 bridgehead atoms. The predicted molar refractivity (Wildman–Crippen MR) is 90.6 cm³/mol. The first-order chi connectivity index (χ1) is 10.1. The van der Waals surface area contributed by atoms with Crippen molar-refractivity contribution in [3.05, 3.63) is 0 Å². The maximum atomic E-state index is 6.31. The van der Waals surface area contributed by atoms with Crippen LogP contribution in [0.25, 0.3) is 0 Å². The predicted octanol–water partition coefficient (Wildman–Crippen LogP) is 1.61. The molecule has 0 spiro atoms. The number of hydrogen-bond donors (Lipinski definition) is 1. The molecule has 2 unspecified atom stereocenters. The van der Waals surface area contributed by atoms with Gasteiger partial charge in [-0.2, -0.15) is 0 Å². The summed E-state index contributed by atoms with van der Waals surface area (Å²) in [6.07, 6.45) is 6.35. The molecule has 4 nitrogen and oxygen atoms in total. The van der Waals surface area contributed by atoms with Crippen LogP contribution in [0.15, 0.2) is 0 Å². The Morgan fingerprint density at radius 2 is 1.90 bits per heavy atom. The summed E-state index contributed by atoms with van der Waals surface area (Å²) < 4.78 is 0. The van der Waals surface area contributed by atoms with Crippen molar-refractivity contribution in [3.63, 3.8) is 0 Å². The highest BCUT2D eigenvalue weighted by atomic mass is 15.3. The fourth-order valence-corrected chi connectivity index (χ4v) is 4.24. The van der Waals surface area contributed by atoms with Crippen LogP contribution in [0.4, 0.5) is 0 Å². The number of piperazine rings is 1. The Morgan fingerprint density at radius 3 is 2.57 bits per heavy atom. The van der Waals surface area contributed by atoms with E-state index in [0.29, 0.717) is 6.04 Å². The highest BCUT2D eigenvalue weighted by Gasteiger charge is 2.39.